The molecule has 1 fully saturated rings. The maximum atomic E-state index is 12.0. The summed E-state index contributed by atoms with van der Waals surface area (Å²) >= 11 is 0. The number of carbonyl (C=O) groups excluding carboxylic acids is 1. The SMILES string of the molecule is Cc1cc(C(=O)N2CC(CC(F)F)C2)co1. The Morgan fingerprint density at radius 1 is 1.62 bits per heavy atom. The van der Waals surface area contributed by atoms with Crippen molar-refractivity contribution in [1.29, 1.82) is 0 Å². The number of halogens is 2. The van der Waals surface area contributed by atoms with Crippen LogP contribution in [-0.2, 0) is 0 Å². The number of likely N-dealkylation sites (tertiary alicyclic amines) is 1. The highest BCUT2D eigenvalue weighted by Crippen LogP contribution is 2.24. The zero-order valence-corrected chi connectivity index (χ0v) is 8.95. The van der Waals surface area contributed by atoms with Crippen molar-refractivity contribution < 1.29 is 18.0 Å². The number of carbonyl (C=O) groups is 1. The first-order chi connectivity index (χ1) is 7.56. The van der Waals surface area contributed by atoms with Gasteiger partial charge in [0.2, 0.25) is 6.43 Å². The minimum absolute atomic E-state index is 0.0584. The van der Waals surface area contributed by atoms with Crippen LogP contribution >= 0.6 is 0 Å². The van der Waals surface area contributed by atoms with E-state index in [4.69, 9.17) is 4.42 Å². The predicted molar refractivity (Wildman–Crippen MR) is 53.5 cm³/mol. The summed E-state index contributed by atoms with van der Waals surface area (Å²) in [4.78, 5) is 13.3. The second kappa shape index (κ2) is 4.23. The van der Waals surface area contributed by atoms with Gasteiger partial charge >= 0.3 is 0 Å². The Kier molecular flexibility index (Phi) is 2.94. The van der Waals surface area contributed by atoms with Crippen LogP contribution in [0, 0.1) is 12.8 Å². The van der Waals surface area contributed by atoms with Gasteiger partial charge in [-0.15, -0.1) is 0 Å². The van der Waals surface area contributed by atoms with Crippen LogP contribution < -0.4 is 0 Å². The van der Waals surface area contributed by atoms with E-state index >= 15 is 0 Å². The molecule has 0 N–H and O–H groups in total. The first-order valence-corrected chi connectivity index (χ1v) is 5.19. The zero-order chi connectivity index (χ0) is 11.7. The fraction of sp³-hybridized carbons (Fsp3) is 0.545. The van der Waals surface area contributed by atoms with Crippen molar-refractivity contribution in [2.24, 2.45) is 5.92 Å². The molecule has 88 valence electrons. The molecule has 16 heavy (non-hydrogen) atoms. The summed E-state index contributed by atoms with van der Waals surface area (Å²) in [5, 5.41) is 0. The summed E-state index contributed by atoms with van der Waals surface area (Å²) in [5.74, 6) is 0.479. The molecule has 3 nitrogen and oxygen atoms in total. The lowest BCUT2D eigenvalue weighted by Crippen LogP contribution is -2.50. The molecule has 5 heteroatoms. The van der Waals surface area contributed by atoms with Gasteiger partial charge < -0.3 is 9.32 Å². The van der Waals surface area contributed by atoms with Crippen LogP contribution in [0.3, 0.4) is 0 Å². The van der Waals surface area contributed by atoms with Crippen LogP contribution in [0.1, 0.15) is 22.5 Å². The summed E-state index contributed by atoms with van der Waals surface area (Å²) in [6, 6.07) is 1.66. The summed E-state index contributed by atoms with van der Waals surface area (Å²) in [6.07, 6.45) is -0.995. The number of hydrogen-bond acceptors (Lipinski definition) is 2. The smallest absolute Gasteiger partial charge is 0.257 e. The maximum absolute atomic E-state index is 12.0. The van der Waals surface area contributed by atoms with Gasteiger partial charge in [-0.05, 0) is 18.9 Å². The highest BCUT2D eigenvalue weighted by atomic mass is 19.3. The normalized spacial score (nSPS) is 16.6. The van der Waals surface area contributed by atoms with Gasteiger partial charge in [-0.1, -0.05) is 0 Å². The predicted octanol–water partition coefficient (Wildman–Crippen LogP) is 2.32. The van der Waals surface area contributed by atoms with E-state index in [1.54, 1.807) is 17.9 Å². The molecule has 2 rings (SSSR count). The topological polar surface area (TPSA) is 33.5 Å². The molecular formula is C11H13F2NO2. The highest BCUT2D eigenvalue weighted by Gasteiger charge is 2.33. The Hall–Kier alpha value is -1.39. The third-order valence-electron chi connectivity index (χ3n) is 2.73. The molecule has 0 radical (unpaired) electrons. The van der Waals surface area contributed by atoms with Crippen molar-refractivity contribution in [2.75, 3.05) is 13.1 Å². The molecule has 1 aliphatic rings. The van der Waals surface area contributed by atoms with Gasteiger partial charge in [0.25, 0.3) is 5.91 Å². The molecule has 1 saturated heterocycles. The van der Waals surface area contributed by atoms with Gasteiger partial charge in [-0.3, -0.25) is 4.79 Å². The van der Waals surface area contributed by atoms with E-state index in [9.17, 15) is 13.6 Å². The monoisotopic (exact) mass is 229 g/mol. The van der Waals surface area contributed by atoms with Crippen molar-refractivity contribution in [3.63, 3.8) is 0 Å². The molecule has 1 aromatic rings. The molecular weight excluding hydrogens is 216 g/mol. The quantitative estimate of drug-likeness (QED) is 0.796. The molecule has 1 aliphatic heterocycles. The van der Waals surface area contributed by atoms with E-state index in [0.29, 0.717) is 24.4 Å². The Morgan fingerprint density at radius 2 is 2.31 bits per heavy atom. The molecule has 0 aromatic carbocycles. The summed E-state index contributed by atoms with van der Waals surface area (Å²) in [7, 11) is 0. The van der Waals surface area contributed by atoms with Crippen molar-refractivity contribution in [3.8, 4) is 0 Å². The molecule has 0 aliphatic carbocycles. The van der Waals surface area contributed by atoms with Gasteiger partial charge in [-0.2, -0.15) is 0 Å². The Labute approximate surface area is 92.0 Å². The van der Waals surface area contributed by atoms with Crippen LogP contribution in [0.15, 0.2) is 16.7 Å². The van der Waals surface area contributed by atoms with Gasteiger partial charge in [-0.25, -0.2) is 8.78 Å². The van der Waals surface area contributed by atoms with Gasteiger partial charge in [0.15, 0.2) is 0 Å². The first-order valence-electron chi connectivity index (χ1n) is 5.19. The largest absolute Gasteiger partial charge is 0.469 e. The van der Waals surface area contributed by atoms with Crippen LogP contribution in [0.5, 0.6) is 0 Å². The number of furan rings is 1. The summed E-state index contributed by atoms with van der Waals surface area (Å²) in [6.45, 7) is 2.60. The van der Waals surface area contributed by atoms with Crippen molar-refractivity contribution in [1.82, 2.24) is 4.90 Å². The van der Waals surface area contributed by atoms with E-state index < -0.39 is 6.43 Å². The lowest BCUT2D eigenvalue weighted by molar-refractivity contribution is 0.0280. The molecule has 1 amide bonds. The molecule has 0 saturated carbocycles. The Balaban J connectivity index is 1.86. The number of rotatable bonds is 3. The van der Waals surface area contributed by atoms with Crippen molar-refractivity contribution in [3.05, 3.63) is 23.7 Å². The number of alkyl halides is 2. The fourth-order valence-electron chi connectivity index (χ4n) is 1.87. The lowest BCUT2D eigenvalue weighted by atomic mass is 9.96. The van der Waals surface area contributed by atoms with E-state index in [2.05, 4.69) is 0 Å². The average Bonchev–Trinajstić information content (AvgIpc) is 2.56. The third kappa shape index (κ3) is 2.23. The zero-order valence-electron chi connectivity index (χ0n) is 8.95. The van der Waals surface area contributed by atoms with E-state index in [1.807, 2.05) is 0 Å². The van der Waals surface area contributed by atoms with Gasteiger partial charge in [0, 0.05) is 19.5 Å². The van der Waals surface area contributed by atoms with E-state index in [0.717, 1.165) is 0 Å². The molecule has 0 unspecified atom stereocenters. The average molecular weight is 229 g/mol. The van der Waals surface area contributed by atoms with Crippen LogP contribution in [0.25, 0.3) is 0 Å². The standard InChI is InChI=1S/C11H13F2NO2/c1-7-2-9(6-16-7)11(15)14-4-8(5-14)3-10(12)13/h2,6,8,10H,3-5H2,1H3. The summed E-state index contributed by atoms with van der Waals surface area (Å²) in [5.41, 5.74) is 0.494. The number of nitrogens with zero attached hydrogens (tertiary/aromatic N) is 1. The van der Waals surface area contributed by atoms with Crippen LogP contribution in [0.2, 0.25) is 0 Å². The highest BCUT2D eigenvalue weighted by molar-refractivity contribution is 5.94. The third-order valence-corrected chi connectivity index (χ3v) is 2.73. The first kappa shape index (κ1) is 11.1. The Bertz CT molecular complexity index is 383. The Morgan fingerprint density at radius 3 is 2.81 bits per heavy atom. The van der Waals surface area contributed by atoms with Crippen molar-refractivity contribution in [2.45, 2.75) is 19.8 Å². The van der Waals surface area contributed by atoms with Crippen molar-refractivity contribution >= 4 is 5.91 Å². The minimum atomic E-state index is -2.28. The molecule has 1 aromatic heterocycles. The second-order valence-electron chi connectivity index (χ2n) is 4.15. The summed E-state index contributed by atoms with van der Waals surface area (Å²) < 4.78 is 29.1. The number of amides is 1. The van der Waals surface area contributed by atoms with Gasteiger partial charge in [0.05, 0.1) is 5.56 Å². The van der Waals surface area contributed by atoms with E-state index in [1.165, 1.54) is 6.26 Å². The second-order valence-corrected chi connectivity index (χ2v) is 4.15. The van der Waals surface area contributed by atoms with Gasteiger partial charge in [0.1, 0.15) is 12.0 Å². The molecule has 0 bridgehead atoms. The molecule has 2 heterocycles. The van der Waals surface area contributed by atoms with Crippen LogP contribution in [-0.4, -0.2) is 30.3 Å². The van der Waals surface area contributed by atoms with Crippen LogP contribution in [0.4, 0.5) is 8.78 Å². The number of hydrogen-bond donors (Lipinski definition) is 0. The maximum Gasteiger partial charge on any atom is 0.257 e. The number of aryl methyl sites for hydroxylation is 1. The minimum Gasteiger partial charge on any atom is -0.469 e. The fourth-order valence-corrected chi connectivity index (χ4v) is 1.87. The van der Waals surface area contributed by atoms with E-state index in [-0.39, 0.29) is 18.2 Å². The molecule has 0 spiro atoms. The lowest BCUT2D eigenvalue weighted by Gasteiger charge is -2.38. The molecule has 0 atom stereocenters.